The number of ketones is 1. The molecule has 1 saturated heterocycles. The fourth-order valence-electron chi connectivity index (χ4n) is 5.65. The number of halogens is 1. The van der Waals surface area contributed by atoms with Gasteiger partial charge in [-0.2, -0.15) is 0 Å². The number of rotatable bonds is 4. The maximum atomic E-state index is 14.0. The Bertz CT molecular complexity index is 1040. The van der Waals surface area contributed by atoms with Crippen molar-refractivity contribution in [1.82, 2.24) is 4.90 Å². The van der Waals surface area contributed by atoms with Crippen molar-refractivity contribution in [3.8, 4) is 11.5 Å². The zero-order valence-electron chi connectivity index (χ0n) is 18.9. The lowest BCUT2D eigenvalue weighted by Crippen LogP contribution is -2.51. The van der Waals surface area contributed by atoms with Gasteiger partial charge in [-0.3, -0.25) is 9.59 Å². The Kier molecular flexibility index (Phi) is 6.09. The van der Waals surface area contributed by atoms with Crippen LogP contribution >= 0.6 is 0 Å². The Hall–Kier alpha value is -2.89. The largest absolute Gasteiger partial charge is 0.486 e. The number of fused-ring (bicyclic) bond motifs is 1. The molecule has 5 nitrogen and oxygen atoms in total. The van der Waals surface area contributed by atoms with Crippen LogP contribution in [0.5, 0.6) is 11.5 Å². The van der Waals surface area contributed by atoms with E-state index < -0.39 is 5.41 Å². The first-order valence-corrected chi connectivity index (χ1v) is 12.1. The molecule has 2 aromatic carbocycles. The molecular weight excluding hydrogens is 421 g/mol. The van der Waals surface area contributed by atoms with Gasteiger partial charge in [0.1, 0.15) is 19.0 Å². The van der Waals surface area contributed by atoms with E-state index in [-0.39, 0.29) is 23.4 Å². The Morgan fingerprint density at radius 2 is 1.64 bits per heavy atom. The van der Waals surface area contributed by atoms with Crippen molar-refractivity contribution in [2.45, 2.75) is 50.4 Å². The maximum absolute atomic E-state index is 14.0. The lowest BCUT2D eigenvalue weighted by Gasteiger charge is -2.42. The van der Waals surface area contributed by atoms with Crippen LogP contribution in [0.1, 0.15) is 60.9 Å². The molecule has 0 unspecified atom stereocenters. The first-order valence-electron chi connectivity index (χ1n) is 12.1. The quantitative estimate of drug-likeness (QED) is 0.619. The summed E-state index contributed by atoms with van der Waals surface area (Å²) in [5.41, 5.74) is 0.779. The lowest BCUT2D eigenvalue weighted by molar-refractivity contribution is -0.140. The van der Waals surface area contributed by atoms with Crippen molar-refractivity contribution < 1.29 is 23.5 Å². The molecule has 2 heterocycles. The highest BCUT2D eigenvalue weighted by Crippen LogP contribution is 2.42. The van der Waals surface area contributed by atoms with Crippen LogP contribution in [0.25, 0.3) is 0 Å². The number of ether oxygens (including phenoxy) is 2. The molecule has 0 spiro atoms. The minimum absolute atomic E-state index is 0.0941. The molecule has 0 radical (unpaired) electrons. The van der Waals surface area contributed by atoms with Crippen molar-refractivity contribution in [2.75, 3.05) is 26.3 Å². The van der Waals surface area contributed by atoms with Gasteiger partial charge in [0.05, 0.1) is 5.41 Å². The van der Waals surface area contributed by atoms with Gasteiger partial charge in [-0.1, -0.05) is 31.4 Å². The summed E-state index contributed by atoms with van der Waals surface area (Å²) < 4.78 is 25.2. The number of piperidine rings is 1. The van der Waals surface area contributed by atoms with Crippen LogP contribution in [0.2, 0.25) is 0 Å². The molecular formula is C27H30FNO4. The summed E-state index contributed by atoms with van der Waals surface area (Å²) in [6, 6.07) is 11.9. The number of hydrogen-bond acceptors (Lipinski definition) is 4. The van der Waals surface area contributed by atoms with E-state index >= 15 is 0 Å². The van der Waals surface area contributed by atoms with E-state index in [1.54, 1.807) is 24.3 Å². The summed E-state index contributed by atoms with van der Waals surface area (Å²) in [6.07, 6.45) is 5.84. The Morgan fingerprint density at radius 1 is 0.909 bits per heavy atom. The fourth-order valence-corrected chi connectivity index (χ4v) is 5.65. The lowest BCUT2D eigenvalue weighted by atomic mass is 9.68. The molecule has 0 bridgehead atoms. The summed E-state index contributed by atoms with van der Waals surface area (Å²) in [5, 5.41) is 0. The summed E-state index contributed by atoms with van der Waals surface area (Å²) >= 11 is 0. The fraction of sp³-hybridized carbons (Fsp3) is 0.481. The maximum Gasteiger partial charge on any atom is 0.233 e. The van der Waals surface area contributed by atoms with E-state index in [0.717, 1.165) is 37.7 Å². The van der Waals surface area contributed by atoms with Crippen LogP contribution < -0.4 is 9.47 Å². The molecule has 174 valence electrons. The summed E-state index contributed by atoms with van der Waals surface area (Å²) in [6.45, 7) is 2.11. The molecule has 5 rings (SSSR count). The summed E-state index contributed by atoms with van der Waals surface area (Å²) in [4.78, 5) is 28.8. The van der Waals surface area contributed by atoms with Gasteiger partial charge in [-0.25, -0.2) is 4.39 Å². The van der Waals surface area contributed by atoms with E-state index in [2.05, 4.69) is 0 Å². The van der Waals surface area contributed by atoms with Crippen LogP contribution in [0.4, 0.5) is 4.39 Å². The summed E-state index contributed by atoms with van der Waals surface area (Å²) in [7, 11) is 0. The van der Waals surface area contributed by atoms with Gasteiger partial charge in [0.25, 0.3) is 0 Å². The molecule has 2 fully saturated rings. The Morgan fingerprint density at radius 3 is 2.36 bits per heavy atom. The van der Waals surface area contributed by atoms with E-state index in [1.165, 1.54) is 12.1 Å². The predicted octanol–water partition coefficient (Wildman–Crippen LogP) is 4.92. The number of likely N-dealkylation sites (tertiary alicyclic amines) is 1. The highest BCUT2D eigenvalue weighted by Gasteiger charge is 2.44. The van der Waals surface area contributed by atoms with Crippen LogP contribution in [-0.4, -0.2) is 42.9 Å². The average molecular weight is 452 g/mol. The SMILES string of the molecule is O=C(c1ccc2c(c1)OCCO2)C1CCN(C(=O)C2(c3cccc(F)c3)CCCCC2)CC1. The average Bonchev–Trinajstić information content (AvgIpc) is 2.88. The monoisotopic (exact) mass is 451 g/mol. The van der Waals surface area contributed by atoms with Gasteiger partial charge in [0.15, 0.2) is 17.3 Å². The second-order valence-electron chi connectivity index (χ2n) is 9.44. The first kappa shape index (κ1) is 21.9. The van der Waals surface area contributed by atoms with Gasteiger partial charge in [-0.15, -0.1) is 0 Å². The third kappa shape index (κ3) is 4.23. The molecule has 1 amide bonds. The second-order valence-corrected chi connectivity index (χ2v) is 9.44. The third-order valence-electron chi connectivity index (χ3n) is 7.47. The topological polar surface area (TPSA) is 55.8 Å². The smallest absolute Gasteiger partial charge is 0.233 e. The molecule has 6 heteroatoms. The van der Waals surface area contributed by atoms with Crippen molar-refractivity contribution in [3.63, 3.8) is 0 Å². The number of carbonyl (C=O) groups is 2. The molecule has 2 aromatic rings. The molecule has 0 N–H and O–H groups in total. The Labute approximate surface area is 193 Å². The van der Waals surface area contributed by atoms with E-state index in [1.807, 2.05) is 11.0 Å². The molecule has 33 heavy (non-hydrogen) atoms. The van der Waals surface area contributed by atoms with Crippen LogP contribution in [-0.2, 0) is 10.2 Å². The van der Waals surface area contributed by atoms with Crippen LogP contribution in [0.3, 0.4) is 0 Å². The molecule has 0 aromatic heterocycles. The predicted molar refractivity (Wildman–Crippen MR) is 122 cm³/mol. The molecule has 1 aliphatic carbocycles. The van der Waals surface area contributed by atoms with Gasteiger partial charge < -0.3 is 14.4 Å². The zero-order valence-corrected chi connectivity index (χ0v) is 18.9. The van der Waals surface area contributed by atoms with Gasteiger partial charge in [0, 0.05) is 24.6 Å². The van der Waals surface area contributed by atoms with E-state index in [0.29, 0.717) is 56.2 Å². The second kappa shape index (κ2) is 9.16. The summed E-state index contributed by atoms with van der Waals surface area (Å²) in [5.74, 6) is 1.07. The van der Waals surface area contributed by atoms with Crippen molar-refractivity contribution >= 4 is 11.7 Å². The first-order chi connectivity index (χ1) is 16.1. The van der Waals surface area contributed by atoms with Gasteiger partial charge >= 0.3 is 0 Å². The zero-order chi connectivity index (χ0) is 22.8. The number of Topliss-reactive ketones (excluding diaryl/α,β-unsaturated/α-hetero) is 1. The molecule has 0 atom stereocenters. The number of benzene rings is 2. The highest BCUT2D eigenvalue weighted by molar-refractivity contribution is 5.98. The third-order valence-corrected chi connectivity index (χ3v) is 7.47. The standard InChI is InChI=1S/C27H30FNO4/c28-22-6-4-5-21(18-22)27(11-2-1-3-12-27)26(31)29-13-9-19(10-14-29)25(30)20-7-8-23-24(17-20)33-16-15-32-23/h4-8,17-19H,1-3,9-16H2. The normalized spacial score (nSPS) is 20.3. The Balaban J connectivity index is 1.29. The highest BCUT2D eigenvalue weighted by atomic mass is 19.1. The minimum Gasteiger partial charge on any atom is -0.486 e. The van der Waals surface area contributed by atoms with E-state index in [4.69, 9.17) is 9.47 Å². The van der Waals surface area contributed by atoms with Crippen molar-refractivity contribution in [2.24, 2.45) is 5.92 Å². The van der Waals surface area contributed by atoms with Gasteiger partial charge in [0.2, 0.25) is 5.91 Å². The van der Waals surface area contributed by atoms with Gasteiger partial charge in [-0.05, 0) is 61.6 Å². The van der Waals surface area contributed by atoms with Crippen molar-refractivity contribution in [3.05, 3.63) is 59.4 Å². The van der Waals surface area contributed by atoms with Crippen LogP contribution in [0.15, 0.2) is 42.5 Å². The minimum atomic E-state index is -0.646. The molecule has 3 aliphatic rings. The van der Waals surface area contributed by atoms with E-state index in [9.17, 15) is 14.0 Å². The number of hydrogen-bond donors (Lipinski definition) is 0. The van der Waals surface area contributed by atoms with Crippen LogP contribution in [0, 0.1) is 11.7 Å². The number of carbonyl (C=O) groups excluding carboxylic acids is 2. The molecule has 1 saturated carbocycles. The molecule has 2 aliphatic heterocycles. The van der Waals surface area contributed by atoms with Crippen molar-refractivity contribution in [1.29, 1.82) is 0 Å². The number of nitrogens with zero attached hydrogens (tertiary/aromatic N) is 1. The number of amides is 1.